The van der Waals surface area contributed by atoms with E-state index in [0.717, 1.165) is 12.3 Å². The molecule has 0 spiro atoms. The molecule has 17 nitrogen and oxygen atoms in total. The summed E-state index contributed by atoms with van der Waals surface area (Å²) in [5, 5.41) is 103. The van der Waals surface area contributed by atoms with Gasteiger partial charge in [0.1, 0.15) is 72.9 Å². The molecule has 260 valence electrons. The van der Waals surface area contributed by atoms with Crippen LogP contribution in [0.4, 0.5) is 0 Å². The minimum atomic E-state index is -1.92. The molecule has 4 aliphatic rings. The summed E-state index contributed by atoms with van der Waals surface area (Å²) in [6, 6.07) is 5.95. The number of aliphatic hydroxyl groups is 9. The van der Waals surface area contributed by atoms with Gasteiger partial charge in [0.15, 0.2) is 12.6 Å². The van der Waals surface area contributed by atoms with E-state index in [1.54, 1.807) is 12.1 Å². The number of phenolic OH excluding ortho intramolecular Hbond substituents is 1. The maximum absolute atomic E-state index is 12.3. The standard InChI is InChI=1S/C30H38O17/c31-10-14-9-18(34)30(7-8-42-27(20(14)30)46-28-25(40)23(38)21(36)16(11-32)44-28)47-29-26(41)24(39)22(37)17(45-29)12-43-19(35)6-3-13-1-4-15(33)5-2-13/h1-9,16-18,20-29,31-34,36-41H,10-12H2. The van der Waals surface area contributed by atoms with E-state index in [0.29, 0.717) is 5.56 Å². The Balaban J connectivity index is 1.31. The van der Waals surface area contributed by atoms with Gasteiger partial charge in [0.25, 0.3) is 0 Å². The fourth-order valence-corrected chi connectivity index (χ4v) is 5.87. The molecule has 0 aromatic heterocycles. The first-order chi connectivity index (χ1) is 22.4. The molecule has 1 aliphatic carbocycles. The van der Waals surface area contributed by atoms with E-state index in [-0.39, 0.29) is 11.3 Å². The smallest absolute Gasteiger partial charge is 0.330 e. The van der Waals surface area contributed by atoms with Crippen molar-refractivity contribution in [1.29, 1.82) is 0 Å². The van der Waals surface area contributed by atoms with Gasteiger partial charge in [-0.25, -0.2) is 4.79 Å². The van der Waals surface area contributed by atoms with Crippen molar-refractivity contribution in [1.82, 2.24) is 0 Å². The van der Waals surface area contributed by atoms with Gasteiger partial charge >= 0.3 is 5.97 Å². The summed E-state index contributed by atoms with van der Waals surface area (Å²) in [5.74, 6) is -2.03. The number of rotatable bonds is 10. The normalized spacial score (nSPS) is 41.7. The molecule has 47 heavy (non-hydrogen) atoms. The first kappa shape index (κ1) is 35.3. The molecule has 1 aromatic rings. The van der Waals surface area contributed by atoms with Crippen molar-refractivity contribution in [2.24, 2.45) is 5.92 Å². The Morgan fingerprint density at radius 1 is 0.830 bits per heavy atom. The van der Waals surface area contributed by atoms with Crippen LogP contribution in [0.15, 0.2) is 54.3 Å². The number of esters is 1. The summed E-state index contributed by atoms with van der Waals surface area (Å²) < 4.78 is 33.7. The number of carbonyl (C=O) groups is 1. The van der Waals surface area contributed by atoms with Crippen molar-refractivity contribution in [2.45, 2.75) is 79.4 Å². The van der Waals surface area contributed by atoms with E-state index in [1.807, 2.05) is 0 Å². The van der Waals surface area contributed by atoms with Crippen LogP contribution in [0.1, 0.15) is 5.56 Å². The molecular formula is C30H38O17. The highest BCUT2D eigenvalue weighted by molar-refractivity contribution is 5.87. The van der Waals surface area contributed by atoms with Crippen LogP contribution in [-0.4, -0.2) is 156 Å². The number of hydrogen-bond acceptors (Lipinski definition) is 17. The zero-order valence-corrected chi connectivity index (χ0v) is 24.7. The molecule has 0 saturated carbocycles. The SMILES string of the molecule is O=C(C=Cc1ccc(O)cc1)OCC1OC(OC23C=COC(OC4OC(CO)C(O)C(O)C4O)C2C(CO)=CC3O)C(O)C(O)C1O. The Bertz CT molecular complexity index is 1320. The number of benzene rings is 1. The van der Waals surface area contributed by atoms with Gasteiger partial charge in [-0.3, -0.25) is 0 Å². The van der Waals surface area contributed by atoms with Gasteiger partial charge in [0.05, 0.1) is 25.4 Å². The molecule has 14 atom stereocenters. The van der Waals surface area contributed by atoms with E-state index in [9.17, 15) is 55.9 Å². The number of aromatic hydroxyl groups is 1. The van der Waals surface area contributed by atoms with Crippen molar-refractivity contribution in [3.8, 4) is 5.75 Å². The van der Waals surface area contributed by atoms with Crippen LogP contribution < -0.4 is 0 Å². The fourth-order valence-electron chi connectivity index (χ4n) is 5.87. The van der Waals surface area contributed by atoms with Gasteiger partial charge < -0.3 is 79.5 Å². The molecule has 3 aliphatic heterocycles. The van der Waals surface area contributed by atoms with Crippen LogP contribution >= 0.6 is 0 Å². The highest BCUT2D eigenvalue weighted by Gasteiger charge is 2.60. The molecular weight excluding hydrogens is 632 g/mol. The van der Waals surface area contributed by atoms with E-state index in [1.165, 1.54) is 30.4 Å². The molecule has 10 N–H and O–H groups in total. The predicted molar refractivity (Wildman–Crippen MR) is 152 cm³/mol. The Morgan fingerprint density at radius 3 is 2.13 bits per heavy atom. The number of hydrogen-bond donors (Lipinski definition) is 10. The third-order valence-corrected chi connectivity index (χ3v) is 8.52. The zero-order valence-electron chi connectivity index (χ0n) is 24.7. The van der Waals surface area contributed by atoms with Gasteiger partial charge in [-0.05, 0) is 35.4 Å². The van der Waals surface area contributed by atoms with Crippen LogP contribution in [-0.2, 0) is 33.2 Å². The van der Waals surface area contributed by atoms with Crippen molar-refractivity contribution in [2.75, 3.05) is 19.8 Å². The van der Waals surface area contributed by atoms with E-state index in [4.69, 9.17) is 28.4 Å². The van der Waals surface area contributed by atoms with Crippen molar-refractivity contribution in [3.05, 3.63) is 59.9 Å². The molecule has 14 unspecified atom stereocenters. The minimum absolute atomic E-state index is 0.0399. The van der Waals surface area contributed by atoms with E-state index < -0.39 is 111 Å². The molecule has 17 heteroatoms. The average molecular weight is 671 g/mol. The van der Waals surface area contributed by atoms with Crippen LogP contribution in [0.25, 0.3) is 6.08 Å². The lowest BCUT2D eigenvalue weighted by molar-refractivity contribution is -0.362. The highest BCUT2D eigenvalue weighted by Crippen LogP contribution is 2.48. The second-order valence-corrected chi connectivity index (χ2v) is 11.5. The monoisotopic (exact) mass is 670 g/mol. The average Bonchev–Trinajstić information content (AvgIpc) is 3.35. The number of aliphatic hydroxyl groups excluding tert-OH is 9. The van der Waals surface area contributed by atoms with Gasteiger partial charge in [0, 0.05) is 6.08 Å². The van der Waals surface area contributed by atoms with Crippen LogP contribution in [0.5, 0.6) is 5.75 Å². The maximum Gasteiger partial charge on any atom is 0.330 e. The molecule has 2 saturated heterocycles. The first-order valence-corrected chi connectivity index (χ1v) is 14.7. The Labute approximate surface area is 267 Å². The maximum atomic E-state index is 12.3. The van der Waals surface area contributed by atoms with Crippen LogP contribution in [0.2, 0.25) is 0 Å². The summed E-state index contributed by atoms with van der Waals surface area (Å²) in [6.45, 7) is -1.97. The highest BCUT2D eigenvalue weighted by atomic mass is 16.8. The number of fused-ring (bicyclic) bond motifs is 1. The van der Waals surface area contributed by atoms with Crippen molar-refractivity contribution < 1.29 is 84.3 Å². The first-order valence-electron chi connectivity index (χ1n) is 14.7. The van der Waals surface area contributed by atoms with E-state index in [2.05, 4.69) is 0 Å². The molecule has 0 radical (unpaired) electrons. The largest absolute Gasteiger partial charge is 0.508 e. The molecule has 3 heterocycles. The van der Waals surface area contributed by atoms with Crippen molar-refractivity contribution >= 4 is 12.0 Å². The summed E-state index contributed by atoms with van der Waals surface area (Å²) in [5.41, 5.74) is -1.22. The molecule has 0 bridgehead atoms. The molecule has 2 fully saturated rings. The summed E-state index contributed by atoms with van der Waals surface area (Å²) in [4.78, 5) is 12.3. The lowest BCUT2D eigenvalue weighted by Gasteiger charge is -2.48. The predicted octanol–water partition coefficient (Wildman–Crippen LogP) is -3.89. The van der Waals surface area contributed by atoms with Crippen LogP contribution in [0, 0.1) is 5.92 Å². The van der Waals surface area contributed by atoms with E-state index >= 15 is 0 Å². The summed E-state index contributed by atoms with van der Waals surface area (Å²) in [6.07, 6.45) is -14.0. The number of carbonyl (C=O) groups excluding carboxylic acids is 1. The summed E-state index contributed by atoms with van der Waals surface area (Å²) in [7, 11) is 0. The number of phenols is 1. The van der Waals surface area contributed by atoms with Crippen molar-refractivity contribution in [3.63, 3.8) is 0 Å². The lowest BCUT2D eigenvalue weighted by atomic mass is 9.82. The lowest BCUT2D eigenvalue weighted by Crippen LogP contribution is -2.64. The Morgan fingerprint density at radius 2 is 1.47 bits per heavy atom. The minimum Gasteiger partial charge on any atom is -0.508 e. The fraction of sp³-hybridized carbons (Fsp3) is 0.567. The Kier molecular flexibility index (Phi) is 11.0. The van der Waals surface area contributed by atoms with Gasteiger partial charge in [0.2, 0.25) is 6.29 Å². The second kappa shape index (κ2) is 14.6. The zero-order chi connectivity index (χ0) is 34.0. The topological polar surface area (TPSA) is 275 Å². The second-order valence-electron chi connectivity index (χ2n) is 11.5. The van der Waals surface area contributed by atoms with Gasteiger partial charge in [-0.2, -0.15) is 0 Å². The quantitative estimate of drug-likeness (QED) is 0.0647. The molecule has 0 amide bonds. The molecule has 5 rings (SSSR count). The number of ether oxygens (including phenoxy) is 6. The molecule has 1 aromatic carbocycles. The third kappa shape index (κ3) is 7.08. The third-order valence-electron chi connectivity index (χ3n) is 8.52. The Hall–Kier alpha value is -3.01. The van der Waals surface area contributed by atoms with Gasteiger partial charge in [-0.15, -0.1) is 0 Å². The van der Waals surface area contributed by atoms with Gasteiger partial charge in [-0.1, -0.05) is 18.2 Å². The summed E-state index contributed by atoms with van der Waals surface area (Å²) >= 11 is 0. The van der Waals surface area contributed by atoms with Crippen LogP contribution in [0.3, 0.4) is 0 Å².